The van der Waals surface area contributed by atoms with Gasteiger partial charge in [0.15, 0.2) is 0 Å². The van der Waals surface area contributed by atoms with Crippen LogP contribution in [0.2, 0.25) is 0 Å². The molecule has 0 aliphatic rings. The Morgan fingerprint density at radius 3 is 2.58 bits per heavy atom. The maximum Gasteiger partial charge on any atom is 0.270 e. The van der Waals surface area contributed by atoms with Crippen LogP contribution in [0.5, 0.6) is 0 Å². The number of aryl methyl sites for hydroxylation is 1. The second-order valence-corrected chi connectivity index (χ2v) is 4.08. The fourth-order valence-corrected chi connectivity index (χ4v) is 1.82. The smallest absolute Gasteiger partial charge is 0.258 e. The average Bonchev–Trinajstić information content (AvgIpc) is 2.40. The largest absolute Gasteiger partial charge is 0.270 e. The van der Waals surface area contributed by atoms with E-state index in [1.54, 1.807) is 19.1 Å². The van der Waals surface area contributed by atoms with E-state index >= 15 is 0 Å². The lowest BCUT2D eigenvalue weighted by Crippen LogP contribution is -1.93. The first-order valence-electron chi connectivity index (χ1n) is 5.48. The number of hydrogen-bond donors (Lipinski definition) is 0. The van der Waals surface area contributed by atoms with E-state index in [1.807, 2.05) is 6.07 Å². The van der Waals surface area contributed by atoms with Crippen molar-refractivity contribution in [3.63, 3.8) is 0 Å². The Morgan fingerprint density at radius 1 is 1.21 bits per heavy atom. The molecule has 0 N–H and O–H groups in total. The van der Waals surface area contributed by atoms with Gasteiger partial charge in [-0.1, -0.05) is 11.6 Å². The number of non-ortho nitro benzene ring substituents is 1. The SMILES string of the molecule is Cc1ccc(F)c(-c2ccc([N+](=O)[O-])cc2C#N)c1. The number of halogens is 1. The van der Waals surface area contributed by atoms with Gasteiger partial charge >= 0.3 is 0 Å². The third kappa shape index (κ3) is 2.43. The number of rotatable bonds is 2. The van der Waals surface area contributed by atoms with Gasteiger partial charge in [-0.15, -0.1) is 0 Å². The Labute approximate surface area is 108 Å². The summed E-state index contributed by atoms with van der Waals surface area (Å²) >= 11 is 0. The Morgan fingerprint density at radius 2 is 1.95 bits per heavy atom. The zero-order valence-electron chi connectivity index (χ0n) is 10.1. The highest BCUT2D eigenvalue weighted by molar-refractivity contribution is 5.73. The molecule has 0 saturated carbocycles. The molecule has 0 aliphatic carbocycles. The predicted octanol–water partition coefficient (Wildman–Crippen LogP) is 3.58. The van der Waals surface area contributed by atoms with E-state index in [0.29, 0.717) is 5.56 Å². The van der Waals surface area contributed by atoms with E-state index in [0.717, 1.165) is 11.6 Å². The fraction of sp³-hybridized carbons (Fsp3) is 0.0714. The van der Waals surface area contributed by atoms with Gasteiger partial charge in [0, 0.05) is 23.3 Å². The number of nitriles is 1. The highest BCUT2D eigenvalue weighted by atomic mass is 19.1. The Balaban J connectivity index is 2.66. The molecule has 0 fully saturated rings. The zero-order chi connectivity index (χ0) is 14.0. The monoisotopic (exact) mass is 256 g/mol. The summed E-state index contributed by atoms with van der Waals surface area (Å²) in [5, 5.41) is 19.7. The predicted molar refractivity (Wildman–Crippen MR) is 67.9 cm³/mol. The van der Waals surface area contributed by atoms with Crippen molar-refractivity contribution in [3.8, 4) is 17.2 Å². The molecule has 0 amide bonds. The van der Waals surface area contributed by atoms with Crippen LogP contribution in [0.15, 0.2) is 36.4 Å². The van der Waals surface area contributed by atoms with Crippen LogP contribution in [0.1, 0.15) is 11.1 Å². The van der Waals surface area contributed by atoms with E-state index in [9.17, 15) is 14.5 Å². The molecule has 0 atom stereocenters. The maximum atomic E-state index is 13.8. The van der Waals surface area contributed by atoms with Gasteiger partial charge < -0.3 is 0 Å². The first kappa shape index (κ1) is 12.7. The molecule has 4 nitrogen and oxygen atoms in total. The quantitative estimate of drug-likeness (QED) is 0.609. The average molecular weight is 256 g/mol. The zero-order valence-corrected chi connectivity index (χ0v) is 10.1. The van der Waals surface area contributed by atoms with E-state index < -0.39 is 10.7 Å². The maximum absolute atomic E-state index is 13.8. The van der Waals surface area contributed by atoms with Gasteiger partial charge in [-0.3, -0.25) is 10.1 Å². The molecule has 0 unspecified atom stereocenters. The lowest BCUT2D eigenvalue weighted by Gasteiger charge is -2.06. The van der Waals surface area contributed by atoms with Gasteiger partial charge in [-0.05, 0) is 25.1 Å². The summed E-state index contributed by atoms with van der Waals surface area (Å²) in [6.07, 6.45) is 0. The molecular formula is C14H9FN2O2. The minimum absolute atomic E-state index is 0.0821. The van der Waals surface area contributed by atoms with Crippen molar-refractivity contribution in [3.05, 3.63) is 63.5 Å². The molecule has 0 aromatic heterocycles. The lowest BCUT2D eigenvalue weighted by molar-refractivity contribution is -0.384. The summed E-state index contributed by atoms with van der Waals surface area (Å²) in [5.74, 6) is -0.462. The van der Waals surface area contributed by atoms with Crippen molar-refractivity contribution < 1.29 is 9.31 Å². The normalized spacial score (nSPS) is 9.95. The van der Waals surface area contributed by atoms with Crippen molar-refractivity contribution in [1.82, 2.24) is 0 Å². The molecule has 0 bridgehead atoms. The highest BCUT2D eigenvalue weighted by Gasteiger charge is 2.14. The van der Waals surface area contributed by atoms with Crippen molar-refractivity contribution in [2.45, 2.75) is 6.92 Å². The third-order valence-corrected chi connectivity index (χ3v) is 2.75. The molecule has 0 heterocycles. The number of nitro benzene ring substituents is 1. The van der Waals surface area contributed by atoms with E-state index in [2.05, 4.69) is 0 Å². The second kappa shape index (κ2) is 4.86. The molecule has 2 aromatic carbocycles. The number of hydrogen-bond acceptors (Lipinski definition) is 3. The molecular weight excluding hydrogens is 247 g/mol. The van der Waals surface area contributed by atoms with E-state index in [4.69, 9.17) is 5.26 Å². The van der Waals surface area contributed by atoms with Gasteiger partial charge in [0.1, 0.15) is 11.9 Å². The summed E-state index contributed by atoms with van der Waals surface area (Å²) in [4.78, 5) is 10.1. The van der Waals surface area contributed by atoms with Crippen LogP contribution < -0.4 is 0 Å². The van der Waals surface area contributed by atoms with Gasteiger partial charge in [0.25, 0.3) is 5.69 Å². The third-order valence-electron chi connectivity index (χ3n) is 2.75. The van der Waals surface area contributed by atoms with Gasteiger partial charge in [0.2, 0.25) is 0 Å². The Bertz CT molecular complexity index is 705. The van der Waals surface area contributed by atoms with Crippen LogP contribution >= 0.6 is 0 Å². The number of benzene rings is 2. The molecule has 19 heavy (non-hydrogen) atoms. The van der Waals surface area contributed by atoms with Crippen LogP contribution in [0, 0.1) is 34.2 Å². The number of nitrogens with zero attached hydrogens (tertiary/aromatic N) is 2. The molecule has 0 aliphatic heterocycles. The summed E-state index contributed by atoms with van der Waals surface area (Å²) in [7, 11) is 0. The standard InChI is InChI=1S/C14H9FN2O2/c1-9-2-5-14(15)13(6-9)12-4-3-11(17(18)19)7-10(12)8-16/h2-7H,1H3. The highest BCUT2D eigenvalue weighted by Crippen LogP contribution is 2.29. The summed E-state index contributed by atoms with van der Waals surface area (Å²) < 4.78 is 13.8. The minimum Gasteiger partial charge on any atom is -0.258 e. The lowest BCUT2D eigenvalue weighted by atomic mass is 9.98. The fourth-order valence-electron chi connectivity index (χ4n) is 1.82. The summed E-state index contributed by atoms with van der Waals surface area (Å²) in [6.45, 7) is 1.81. The first-order valence-corrected chi connectivity index (χ1v) is 5.48. The van der Waals surface area contributed by atoms with E-state index in [1.165, 1.54) is 18.2 Å². The van der Waals surface area contributed by atoms with Crippen molar-refractivity contribution in [2.75, 3.05) is 0 Å². The van der Waals surface area contributed by atoms with Crippen LogP contribution in [0.4, 0.5) is 10.1 Å². The van der Waals surface area contributed by atoms with Crippen molar-refractivity contribution in [1.29, 1.82) is 5.26 Å². The van der Waals surface area contributed by atoms with Crippen molar-refractivity contribution >= 4 is 5.69 Å². The molecule has 2 rings (SSSR count). The molecule has 0 saturated heterocycles. The molecule has 0 radical (unpaired) electrons. The van der Waals surface area contributed by atoms with Gasteiger partial charge in [0.05, 0.1) is 10.5 Å². The minimum atomic E-state index is -0.586. The summed E-state index contributed by atoms with van der Waals surface area (Å²) in [6, 6.07) is 10.2. The van der Waals surface area contributed by atoms with Gasteiger partial charge in [-0.2, -0.15) is 5.26 Å². The molecule has 94 valence electrons. The van der Waals surface area contributed by atoms with Crippen molar-refractivity contribution in [2.24, 2.45) is 0 Å². The molecule has 2 aromatic rings. The van der Waals surface area contributed by atoms with E-state index in [-0.39, 0.29) is 16.8 Å². The number of nitro groups is 1. The topological polar surface area (TPSA) is 66.9 Å². The molecule has 0 spiro atoms. The second-order valence-electron chi connectivity index (χ2n) is 4.08. The van der Waals surface area contributed by atoms with Crippen LogP contribution in [0.25, 0.3) is 11.1 Å². The first-order chi connectivity index (χ1) is 9.02. The van der Waals surface area contributed by atoms with Gasteiger partial charge in [-0.25, -0.2) is 4.39 Å². The summed E-state index contributed by atoms with van der Waals surface area (Å²) in [5.41, 5.74) is 1.37. The van der Waals surface area contributed by atoms with Crippen LogP contribution in [-0.2, 0) is 0 Å². The van der Waals surface area contributed by atoms with Crippen LogP contribution in [-0.4, -0.2) is 4.92 Å². The molecule has 5 heteroatoms. The Kier molecular flexibility index (Phi) is 3.25. The Hall–Kier alpha value is -2.74. The van der Waals surface area contributed by atoms with Crippen LogP contribution in [0.3, 0.4) is 0 Å².